The fourth-order valence-electron chi connectivity index (χ4n) is 3.02. The lowest BCUT2D eigenvalue weighted by atomic mass is 10.2. The summed E-state index contributed by atoms with van der Waals surface area (Å²) >= 11 is 3.32. The van der Waals surface area contributed by atoms with Gasteiger partial charge in [-0.1, -0.05) is 15.9 Å². The van der Waals surface area contributed by atoms with Crippen molar-refractivity contribution in [3.05, 3.63) is 101 Å². The third-order valence-corrected chi connectivity index (χ3v) is 5.11. The number of ether oxygens (including phenoxy) is 1. The molecule has 0 spiro atoms. The van der Waals surface area contributed by atoms with Crippen LogP contribution in [0.4, 0.5) is 11.4 Å². The van der Waals surface area contributed by atoms with Crippen molar-refractivity contribution in [2.45, 2.75) is 6.92 Å². The number of aryl methyl sites for hydroxylation is 1. The van der Waals surface area contributed by atoms with Crippen molar-refractivity contribution in [2.24, 2.45) is 5.10 Å². The lowest BCUT2D eigenvalue weighted by Crippen LogP contribution is -2.20. The van der Waals surface area contributed by atoms with Crippen LogP contribution in [0.15, 0.2) is 69.1 Å². The van der Waals surface area contributed by atoms with Gasteiger partial charge in [-0.15, -0.1) is 0 Å². The third kappa shape index (κ3) is 4.63. The van der Waals surface area contributed by atoms with Gasteiger partial charge in [-0.05, 0) is 37.3 Å². The predicted octanol–water partition coefficient (Wildman–Crippen LogP) is 4.35. The van der Waals surface area contributed by atoms with Gasteiger partial charge in [0.1, 0.15) is 12.0 Å². The van der Waals surface area contributed by atoms with Gasteiger partial charge in [-0.25, -0.2) is 9.97 Å². The number of halogens is 1. The molecule has 0 saturated carbocycles. The molecule has 0 aliphatic carbocycles. The number of aromatic nitrogens is 3. The molecule has 0 amide bonds. The quantitative estimate of drug-likeness (QED) is 0.204. The van der Waals surface area contributed by atoms with E-state index in [1.165, 1.54) is 36.5 Å². The summed E-state index contributed by atoms with van der Waals surface area (Å²) in [7, 11) is 0. The van der Waals surface area contributed by atoms with Crippen LogP contribution in [0.3, 0.4) is 0 Å². The number of hydrogen-bond acceptors (Lipinski definition) is 9. The van der Waals surface area contributed by atoms with Crippen molar-refractivity contribution < 1.29 is 14.6 Å². The van der Waals surface area contributed by atoms with Crippen LogP contribution in [-0.4, -0.2) is 30.7 Å². The fraction of sp³-hybridized carbons (Fsp3) is 0.0476. The average Bonchev–Trinajstić information content (AvgIpc) is 2.80. The monoisotopic (exact) mass is 524 g/mol. The zero-order valence-electron chi connectivity index (χ0n) is 17.3. The number of nitro benzene ring substituents is 1. The van der Waals surface area contributed by atoms with Gasteiger partial charge in [0.05, 0.1) is 27.0 Å². The minimum absolute atomic E-state index is 0.0503. The Morgan fingerprint density at radius 2 is 1.88 bits per heavy atom. The molecule has 4 rings (SSSR count). The summed E-state index contributed by atoms with van der Waals surface area (Å²) < 4.78 is 7.25. The molecule has 0 aliphatic heterocycles. The van der Waals surface area contributed by atoms with E-state index < -0.39 is 15.4 Å². The zero-order chi connectivity index (χ0) is 24.4. The van der Waals surface area contributed by atoms with Gasteiger partial charge in [0.15, 0.2) is 0 Å². The molecule has 13 heteroatoms. The molecule has 0 unspecified atom stereocenters. The van der Waals surface area contributed by atoms with Crippen molar-refractivity contribution in [1.82, 2.24) is 14.6 Å². The smallest absolute Gasteiger partial charge is 0.312 e. The predicted molar refractivity (Wildman–Crippen MR) is 125 cm³/mol. The molecule has 170 valence electrons. The maximum absolute atomic E-state index is 12.8. The molecule has 2 aromatic carbocycles. The number of rotatable bonds is 6. The van der Waals surface area contributed by atoms with E-state index in [0.29, 0.717) is 26.8 Å². The van der Waals surface area contributed by atoms with E-state index in [2.05, 4.69) is 31.0 Å². The van der Waals surface area contributed by atoms with E-state index in [9.17, 15) is 25.0 Å². The summed E-state index contributed by atoms with van der Waals surface area (Å²) in [6.07, 6.45) is 2.28. The Morgan fingerprint density at radius 1 is 1.09 bits per heavy atom. The Kier molecular flexibility index (Phi) is 6.10. The molecular formula is C21H13BrN6O6. The molecule has 0 fully saturated rings. The Morgan fingerprint density at radius 3 is 2.56 bits per heavy atom. The van der Waals surface area contributed by atoms with Crippen LogP contribution in [-0.2, 0) is 0 Å². The van der Waals surface area contributed by atoms with Crippen LogP contribution in [0, 0.1) is 27.2 Å². The van der Waals surface area contributed by atoms with E-state index in [1.807, 2.05) is 0 Å². The summed E-state index contributed by atoms with van der Waals surface area (Å²) in [6, 6.07) is 11.6. The van der Waals surface area contributed by atoms with Gasteiger partial charge in [0, 0.05) is 28.2 Å². The number of fused-ring (bicyclic) bond motifs is 1. The highest BCUT2D eigenvalue weighted by Gasteiger charge is 2.18. The maximum atomic E-state index is 12.8. The highest BCUT2D eigenvalue weighted by Crippen LogP contribution is 2.31. The van der Waals surface area contributed by atoms with Crippen LogP contribution in [0.25, 0.3) is 10.9 Å². The Balaban J connectivity index is 1.66. The molecule has 0 saturated heterocycles. The summed E-state index contributed by atoms with van der Waals surface area (Å²) in [5.74, 6) is 0.175. The fourth-order valence-corrected chi connectivity index (χ4v) is 3.38. The van der Waals surface area contributed by atoms with Crippen LogP contribution in [0.2, 0.25) is 0 Å². The average molecular weight is 525 g/mol. The number of pyridine rings is 1. The van der Waals surface area contributed by atoms with Crippen LogP contribution >= 0.6 is 15.9 Å². The van der Waals surface area contributed by atoms with Gasteiger partial charge >= 0.3 is 5.69 Å². The topological polar surface area (TPSA) is 156 Å². The molecule has 2 aromatic heterocycles. The Hall–Kier alpha value is -4.52. The van der Waals surface area contributed by atoms with E-state index in [1.54, 1.807) is 25.1 Å². The molecule has 0 bridgehead atoms. The summed E-state index contributed by atoms with van der Waals surface area (Å²) in [6.45, 7) is 1.62. The zero-order valence-corrected chi connectivity index (χ0v) is 18.9. The molecule has 0 atom stereocenters. The first-order valence-electron chi connectivity index (χ1n) is 9.53. The first-order valence-corrected chi connectivity index (χ1v) is 10.3. The molecule has 0 radical (unpaired) electrons. The van der Waals surface area contributed by atoms with Crippen LogP contribution < -0.4 is 10.3 Å². The second kappa shape index (κ2) is 9.15. The largest absolute Gasteiger partial charge is 0.432 e. The lowest BCUT2D eigenvalue weighted by molar-refractivity contribution is -0.385. The molecule has 12 nitrogen and oxygen atoms in total. The summed E-state index contributed by atoms with van der Waals surface area (Å²) in [5.41, 5.74) is -0.160. The van der Waals surface area contributed by atoms with Crippen molar-refractivity contribution in [3.63, 3.8) is 0 Å². The maximum Gasteiger partial charge on any atom is 0.312 e. The van der Waals surface area contributed by atoms with Crippen molar-refractivity contribution >= 4 is 44.4 Å². The Labute approximate surface area is 198 Å². The van der Waals surface area contributed by atoms with Gasteiger partial charge in [-0.3, -0.25) is 25.0 Å². The van der Waals surface area contributed by atoms with E-state index >= 15 is 0 Å². The minimum Gasteiger partial charge on any atom is -0.432 e. The van der Waals surface area contributed by atoms with E-state index in [-0.39, 0.29) is 23.0 Å². The second-order valence-corrected chi connectivity index (χ2v) is 7.80. The SMILES string of the molecule is Cc1nc2ccc(Br)cc2c(=O)n1N=Cc1ccc(Oc2ccc([N+](=O)[O-])cn2)c([N+](=O)[O-])c1. The number of hydrogen-bond donors (Lipinski definition) is 0. The number of benzene rings is 2. The van der Waals surface area contributed by atoms with Gasteiger partial charge in [-0.2, -0.15) is 9.78 Å². The summed E-state index contributed by atoms with van der Waals surface area (Å²) in [4.78, 5) is 42.0. The van der Waals surface area contributed by atoms with Crippen molar-refractivity contribution in [1.29, 1.82) is 0 Å². The van der Waals surface area contributed by atoms with Crippen molar-refractivity contribution in [3.8, 4) is 11.6 Å². The number of nitrogens with zero attached hydrogens (tertiary/aromatic N) is 6. The molecule has 2 heterocycles. The van der Waals surface area contributed by atoms with Gasteiger partial charge in [0.2, 0.25) is 11.6 Å². The molecule has 34 heavy (non-hydrogen) atoms. The summed E-state index contributed by atoms with van der Waals surface area (Å²) in [5, 5.41) is 26.8. The second-order valence-electron chi connectivity index (χ2n) is 6.88. The third-order valence-electron chi connectivity index (χ3n) is 4.62. The Bertz CT molecular complexity index is 1530. The first-order chi connectivity index (χ1) is 16.2. The first kappa shape index (κ1) is 22.7. The minimum atomic E-state index is -0.648. The normalized spacial score (nSPS) is 11.1. The van der Waals surface area contributed by atoms with E-state index in [0.717, 1.165) is 10.9 Å². The lowest BCUT2D eigenvalue weighted by Gasteiger charge is -2.07. The number of nitro groups is 2. The molecule has 0 N–H and O–H groups in total. The molecule has 4 aromatic rings. The highest BCUT2D eigenvalue weighted by atomic mass is 79.9. The van der Waals surface area contributed by atoms with E-state index in [4.69, 9.17) is 4.74 Å². The standard InChI is InChI=1S/C21H13BrN6O6/c1-12-25-17-5-3-14(22)9-16(17)21(29)26(12)24-10-13-2-6-19(18(8-13)28(32)33)34-20-7-4-15(11-23-20)27(30)31/h2-11H,1H3. The van der Waals surface area contributed by atoms with Gasteiger partial charge in [0.25, 0.3) is 11.2 Å². The highest BCUT2D eigenvalue weighted by molar-refractivity contribution is 9.10. The van der Waals surface area contributed by atoms with Crippen molar-refractivity contribution in [2.75, 3.05) is 0 Å². The molecule has 0 aliphatic rings. The molecular weight excluding hydrogens is 512 g/mol. The van der Waals surface area contributed by atoms with Crippen LogP contribution in [0.5, 0.6) is 11.6 Å². The van der Waals surface area contributed by atoms with Gasteiger partial charge < -0.3 is 4.74 Å². The van der Waals surface area contributed by atoms with Crippen LogP contribution in [0.1, 0.15) is 11.4 Å².